The van der Waals surface area contributed by atoms with Crippen molar-refractivity contribution in [1.29, 1.82) is 0 Å². The van der Waals surface area contributed by atoms with Gasteiger partial charge in [-0.15, -0.1) is 0 Å². The molecule has 1 saturated heterocycles. The average molecular weight is 541 g/mol. The van der Waals surface area contributed by atoms with Crippen LogP contribution in [0, 0.1) is 0 Å². The Hall–Kier alpha value is -4.10. The van der Waals surface area contributed by atoms with E-state index in [-0.39, 0.29) is 30.0 Å². The normalized spacial score (nSPS) is 14.9. The molecule has 202 valence electrons. The first kappa shape index (κ1) is 26.9. The summed E-state index contributed by atoms with van der Waals surface area (Å²) in [5.41, 5.74) is -0.567. The first-order valence-corrected chi connectivity index (χ1v) is 11.3. The molecule has 0 atom stereocenters. The van der Waals surface area contributed by atoms with Crippen LogP contribution < -0.4 is 10.2 Å². The SMILES string of the molecule is CN(C(=O)C(F)(F)F)C1CCN(c2ccc(NC(=O)c3nc(-c4ccccc4)oc3C(F)(F)F)cn2)CC1. The first-order valence-electron chi connectivity index (χ1n) is 11.3. The molecule has 0 spiro atoms. The molecule has 38 heavy (non-hydrogen) atoms. The van der Waals surface area contributed by atoms with Gasteiger partial charge in [0.05, 0.1) is 11.9 Å². The molecule has 1 aliphatic rings. The lowest BCUT2D eigenvalue weighted by Crippen LogP contribution is -2.49. The van der Waals surface area contributed by atoms with E-state index in [9.17, 15) is 35.9 Å². The van der Waals surface area contributed by atoms with Gasteiger partial charge >= 0.3 is 18.3 Å². The van der Waals surface area contributed by atoms with E-state index in [2.05, 4.69) is 15.3 Å². The van der Waals surface area contributed by atoms with Gasteiger partial charge < -0.3 is 19.5 Å². The number of nitrogens with zero attached hydrogens (tertiary/aromatic N) is 4. The van der Waals surface area contributed by atoms with Gasteiger partial charge in [0.1, 0.15) is 5.82 Å². The highest BCUT2D eigenvalue weighted by Crippen LogP contribution is 2.35. The van der Waals surface area contributed by atoms with Gasteiger partial charge in [-0.2, -0.15) is 26.3 Å². The van der Waals surface area contributed by atoms with E-state index in [0.717, 1.165) is 7.05 Å². The summed E-state index contributed by atoms with van der Waals surface area (Å²) >= 11 is 0. The highest BCUT2D eigenvalue weighted by Gasteiger charge is 2.44. The van der Waals surface area contributed by atoms with Crippen LogP contribution in [0.3, 0.4) is 0 Å². The number of nitrogens with one attached hydrogen (secondary N) is 1. The molecule has 0 saturated carbocycles. The smallest absolute Gasteiger partial charge is 0.431 e. The third kappa shape index (κ3) is 5.89. The zero-order valence-corrected chi connectivity index (χ0v) is 19.8. The Morgan fingerprint density at radius 3 is 2.24 bits per heavy atom. The molecule has 14 heteroatoms. The van der Waals surface area contributed by atoms with Gasteiger partial charge in [0, 0.05) is 31.7 Å². The zero-order valence-electron chi connectivity index (χ0n) is 19.8. The second kappa shape index (κ2) is 10.3. The maximum Gasteiger partial charge on any atom is 0.471 e. The van der Waals surface area contributed by atoms with Gasteiger partial charge in [-0.3, -0.25) is 9.59 Å². The Morgan fingerprint density at radius 1 is 1.03 bits per heavy atom. The fraction of sp³-hybridized carbons (Fsp3) is 0.333. The van der Waals surface area contributed by atoms with Crippen molar-refractivity contribution in [1.82, 2.24) is 14.9 Å². The monoisotopic (exact) mass is 541 g/mol. The van der Waals surface area contributed by atoms with Crippen LogP contribution in [-0.2, 0) is 11.0 Å². The zero-order chi connectivity index (χ0) is 27.7. The van der Waals surface area contributed by atoms with Crippen molar-refractivity contribution in [2.45, 2.75) is 31.2 Å². The number of amides is 2. The molecule has 0 bridgehead atoms. The van der Waals surface area contributed by atoms with E-state index >= 15 is 0 Å². The van der Waals surface area contributed by atoms with Gasteiger partial charge in [-0.05, 0) is 37.1 Å². The number of halogens is 6. The van der Waals surface area contributed by atoms with Crippen LogP contribution in [0.5, 0.6) is 0 Å². The molecule has 2 amide bonds. The standard InChI is InChI=1S/C24H21F6N5O3/c1-34(22(37)24(28,29)30)16-9-11-35(12-10-16)17-8-7-15(13-31-17)32-20(36)18-19(23(25,26)27)38-21(33-18)14-5-3-2-4-6-14/h2-8,13,16H,9-12H2,1H3,(H,32,36). The molecular formula is C24H21F6N5O3. The number of aromatic nitrogens is 2. The summed E-state index contributed by atoms with van der Waals surface area (Å²) in [7, 11) is 1.12. The molecule has 2 aromatic heterocycles. The summed E-state index contributed by atoms with van der Waals surface area (Å²) < 4.78 is 83.5. The fourth-order valence-corrected chi connectivity index (χ4v) is 4.06. The van der Waals surface area contributed by atoms with E-state index in [1.807, 2.05) is 0 Å². The van der Waals surface area contributed by atoms with E-state index in [0.29, 0.717) is 23.8 Å². The lowest BCUT2D eigenvalue weighted by Gasteiger charge is -2.37. The minimum Gasteiger partial charge on any atom is -0.431 e. The van der Waals surface area contributed by atoms with Gasteiger partial charge in [-0.1, -0.05) is 18.2 Å². The number of alkyl halides is 6. The molecule has 1 aliphatic heterocycles. The Kier molecular flexibility index (Phi) is 7.33. The number of carbonyl (C=O) groups excluding carboxylic acids is 2. The van der Waals surface area contributed by atoms with Crippen molar-refractivity contribution >= 4 is 23.3 Å². The third-order valence-corrected chi connectivity index (χ3v) is 6.03. The molecule has 0 aliphatic carbocycles. The van der Waals surface area contributed by atoms with Gasteiger partial charge in [0.15, 0.2) is 5.69 Å². The van der Waals surface area contributed by atoms with Crippen LogP contribution in [0.1, 0.15) is 29.1 Å². The number of pyridine rings is 1. The summed E-state index contributed by atoms with van der Waals surface area (Å²) in [5, 5.41) is 2.32. The molecule has 1 fully saturated rings. The number of benzene rings is 1. The largest absolute Gasteiger partial charge is 0.471 e. The Labute approximate surface area is 212 Å². The second-order valence-corrected chi connectivity index (χ2v) is 8.55. The highest BCUT2D eigenvalue weighted by atomic mass is 19.4. The van der Waals surface area contributed by atoms with Crippen molar-refractivity contribution in [3.8, 4) is 11.5 Å². The predicted molar refractivity (Wildman–Crippen MR) is 123 cm³/mol. The molecule has 3 aromatic rings. The summed E-state index contributed by atoms with van der Waals surface area (Å²) in [6, 6.07) is 10.2. The van der Waals surface area contributed by atoms with Crippen LogP contribution in [0.15, 0.2) is 53.1 Å². The number of piperidine rings is 1. The molecule has 0 radical (unpaired) electrons. The Bertz CT molecular complexity index is 1280. The van der Waals surface area contributed by atoms with E-state index in [4.69, 9.17) is 4.42 Å². The van der Waals surface area contributed by atoms with Crippen LogP contribution in [-0.4, -0.2) is 59.0 Å². The number of anilines is 2. The minimum atomic E-state index is -4.96. The van der Waals surface area contributed by atoms with Crippen LogP contribution in [0.2, 0.25) is 0 Å². The quantitative estimate of drug-likeness (QED) is 0.458. The van der Waals surface area contributed by atoms with Crippen LogP contribution in [0.25, 0.3) is 11.5 Å². The lowest BCUT2D eigenvalue weighted by molar-refractivity contribution is -0.186. The highest BCUT2D eigenvalue weighted by molar-refractivity contribution is 6.04. The van der Waals surface area contributed by atoms with Crippen molar-refractivity contribution in [2.75, 3.05) is 30.4 Å². The van der Waals surface area contributed by atoms with Gasteiger partial charge in [0.2, 0.25) is 11.7 Å². The van der Waals surface area contributed by atoms with Crippen LogP contribution in [0.4, 0.5) is 37.8 Å². The number of hydrogen-bond acceptors (Lipinski definition) is 6. The number of rotatable bonds is 5. The summed E-state index contributed by atoms with van der Waals surface area (Å²) in [5.74, 6) is -4.48. The molecule has 4 rings (SSSR count). The van der Waals surface area contributed by atoms with Crippen molar-refractivity contribution in [3.63, 3.8) is 0 Å². The number of carbonyl (C=O) groups is 2. The summed E-state index contributed by atoms with van der Waals surface area (Å²) in [6.07, 6.45) is -8.09. The molecule has 0 unspecified atom stereocenters. The Balaban J connectivity index is 1.42. The van der Waals surface area contributed by atoms with E-state index in [1.54, 1.807) is 23.1 Å². The molecule has 1 aromatic carbocycles. The minimum absolute atomic E-state index is 0.0986. The molecule has 1 N–H and O–H groups in total. The molecule has 8 nitrogen and oxygen atoms in total. The summed E-state index contributed by atoms with van der Waals surface area (Å²) in [4.78, 5) is 34.6. The number of hydrogen-bond donors (Lipinski definition) is 1. The summed E-state index contributed by atoms with van der Waals surface area (Å²) in [6.45, 7) is 0.657. The topological polar surface area (TPSA) is 91.6 Å². The van der Waals surface area contributed by atoms with Gasteiger partial charge in [0.25, 0.3) is 5.91 Å². The van der Waals surface area contributed by atoms with Crippen molar-refractivity contribution < 1.29 is 40.3 Å². The van der Waals surface area contributed by atoms with E-state index < -0.39 is 41.7 Å². The lowest BCUT2D eigenvalue weighted by atomic mass is 10.0. The number of oxazole rings is 1. The molecule has 3 heterocycles. The average Bonchev–Trinajstić information content (AvgIpc) is 3.35. The molecular weight excluding hydrogens is 520 g/mol. The second-order valence-electron chi connectivity index (χ2n) is 8.55. The Morgan fingerprint density at radius 2 is 1.68 bits per heavy atom. The van der Waals surface area contributed by atoms with E-state index in [1.165, 1.54) is 30.5 Å². The fourth-order valence-electron chi connectivity index (χ4n) is 4.06. The third-order valence-electron chi connectivity index (χ3n) is 6.03. The van der Waals surface area contributed by atoms with Gasteiger partial charge in [-0.25, -0.2) is 9.97 Å². The van der Waals surface area contributed by atoms with Crippen molar-refractivity contribution in [3.05, 3.63) is 60.1 Å². The van der Waals surface area contributed by atoms with Crippen molar-refractivity contribution in [2.24, 2.45) is 0 Å². The maximum absolute atomic E-state index is 13.5. The van der Waals surface area contributed by atoms with Crippen LogP contribution >= 0.6 is 0 Å². The maximum atomic E-state index is 13.5. The predicted octanol–water partition coefficient (Wildman–Crippen LogP) is 5.00. The first-order chi connectivity index (χ1) is 17.8.